The van der Waals surface area contributed by atoms with Gasteiger partial charge in [-0.05, 0) is 25.3 Å². The number of nitrogens with zero attached hydrogens (tertiary/aromatic N) is 1. The van der Waals surface area contributed by atoms with E-state index in [0.717, 1.165) is 5.56 Å². The molecule has 0 aliphatic carbocycles. The van der Waals surface area contributed by atoms with Crippen molar-refractivity contribution in [3.8, 4) is 0 Å². The SMILES string of the molecule is Cc1cccc([N+](=O)[O-])c1NCCCC(C)C(=O)O. The molecule has 0 radical (unpaired) electrons. The molecule has 0 amide bonds. The van der Waals surface area contributed by atoms with Gasteiger partial charge in [0.2, 0.25) is 0 Å². The first-order valence-corrected chi connectivity index (χ1v) is 6.14. The molecule has 0 bridgehead atoms. The largest absolute Gasteiger partial charge is 0.481 e. The number of carboxylic acid groups (broad SMARTS) is 1. The molecule has 0 aliphatic heterocycles. The molecule has 19 heavy (non-hydrogen) atoms. The second-order valence-electron chi connectivity index (χ2n) is 4.53. The van der Waals surface area contributed by atoms with E-state index in [4.69, 9.17) is 5.11 Å². The molecule has 0 saturated heterocycles. The van der Waals surface area contributed by atoms with Crippen molar-refractivity contribution in [1.82, 2.24) is 0 Å². The van der Waals surface area contributed by atoms with Crippen molar-refractivity contribution in [1.29, 1.82) is 0 Å². The number of anilines is 1. The third-order valence-corrected chi connectivity index (χ3v) is 2.98. The van der Waals surface area contributed by atoms with Gasteiger partial charge in [0.05, 0.1) is 10.8 Å². The van der Waals surface area contributed by atoms with Gasteiger partial charge in [-0.3, -0.25) is 14.9 Å². The average molecular weight is 266 g/mol. The van der Waals surface area contributed by atoms with Crippen molar-refractivity contribution < 1.29 is 14.8 Å². The normalized spacial score (nSPS) is 11.9. The topological polar surface area (TPSA) is 92.5 Å². The zero-order valence-electron chi connectivity index (χ0n) is 11.0. The van der Waals surface area contributed by atoms with E-state index in [2.05, 4.69) is 5.32 Å². The van der Waals surface area contributed by atoms with Crippen molar-refractivity contribution in [2.24, 2.45) is 5.92 Å². The highest BCUT2D eigenvalue weighted by atomic mass is 16.6. The number of nitro benzene ring substituents is 1. The van der Waals surface area contributed by atoms with E-state index in [9.17, 15) is 14.9 Å². The maximum Gasteiger partial charge on any atom is 0.306 e. The number of hydrogen-bond acceptors (Lipinski definition) is 4. The summed E-state index contributed by atoms with van der Waals surface area (Å²) in [6.07, 6.45) is 1.20. The van der Waals surface area contributed by atoms with Gasteiger partial charge in [0, 0.05) is 12.6 Å². The van der Waals surface area contributed by atoms with Crippen LogP contribution in [0.25, 0.3) is 0 Å². The lowest BCUT2D eigenvalue weighted by atomic mass is 10.1. The van der Waals surface area contributed by atoms with Crippen LogP contribution in [0, 0.1) is 23.0 Å². The van der Waals surface area contributed by atoms with Crippen LogP contribution in [0.5, 0.6) is 0 Å². The summed E-state index contributed by atoms with van der Waals surface area (Å²) in [6, 6.07) is 4.90. The Kier molecular flexibility index (Phi) is 5.29. The summed E-state index contributed by atoms with van der Waals surface area (Å²) in [6.45, 7) is 3.97. The van der Waals surface area contributed by atoms with Crippen LogP contribution < -0.4 is 5.32 Å². The number of nitro groups is 1. The van der Waals surface area contributed by atoms with Crippen molar-refractivity contribution in [2.45, 2.75) is 26.7 Å². The summed E-state index contributed by atoms with van der Waals surface area (Å²) >= 11 is 0. The van der Waals surface area contributed by atoms with Crippen LogP contribution in [-0.2, 0) is 4.79 Å². The van der Waals surface area contributed by atoms with Crippen molar-refractivity contribution >= 4 is 17.3 Å². The lowest BCUT2D eigenvalue weighted by Gasteiger charge is -2.10. The fourth-order valence-corrected chi connectivity index (χ4v) is 1.78. The third kappa shape index (κ3) is 4.24. The summed E-state index contributed by atoms with van der Waals surface area (Å²) in [5.74, 6) is -1.21. The number of hydrogen-bond donors (Lipinski definition) is 2. The molecule has 0 fully saturated rings. The van der Waals surface area contributed by atoms with E-state index >= 15 is 0 Å². The van der Waals surface area contributed by atoms with Crippen molar-refractivity contribution in [2.75, 3.05) is 11.9 Å². The number of para-hydroxylation sites is 1. The van der Waals surface area contributed by atoms with E-state index in [1.54, 1.807) is 26.0 Å². The zero-order valence-corrected chi connectivity index (χ0v) is 11.0. The standard InChI is InChI=1S/C13H18N2O4/c1-9-5-3-7-11(15(18)19)12(9)14-8-4-6-10(2)13(16)17/h3,5,7,10,14H,4,6,8H2,1-2H3,(H,16,17). The fraction of sp³-hybridized carbons (Fsp3) is 0.462. The minimum absolute atomic E-state index is 0.0475. The number of aryl methyl sites for hydroxylation is 1. The van der Waals surface area contributed by atoms with Crippen LogP contribution in [0.1, 0.15) is 25.3 Å². The van der Waals surface area contributed by atoms with Gasteiger partial charge in [0.1, 0.15) is 5.69 Å². The smallest absolute Gasteiger partial charge is 0.306 e. The lowest BCUT2D eigenvalue weighted by Crippen LogP contribution is -2.12. The maximum absolute atomic E-state index is 10.9. The average Bonchev–Trinajstić information content (AvgIpc) is 2.35. The van der Waals surface area contributed by atoms with E-state index < -0.39 is 16.8 Å². The zero-order chi connectivity index (χ0) is 14.4. The van der Waals surface area contributed by atoms with Gasteiger partial charge in [-0.25, -0.2) is 0 Å². The Hall–Kier alpha value is -2.11. The number of rotatable bonds is 7. The van der Waals surface area contributed by atoms with Gasteiger partial charge in [0.25, 0.3) is 5.69 Å². The first-order chi connectivity index (χ1) is 8.93. The molecule has 0 saturated carbocycles. The van der Waals surface area contributed by atoms with Crippen molar-refractivity contribution in [3.63, 3.8) is 0 Å². The van der Waals surface area contributed by atoms with E-state index in [1.165, 1.54) is 6.07 Å². The van der Waals surface area contributed by atoms with Crippen LogP contribution in [0.15, 0.2) is 18.2 Å². The third-order valence-electron chi connectivity index (χ3n) is 2.98. The molecule has 0 aromatic heterocycles. The van der Waals surface area contributed by atoms with Gasteiger partial charge in [-0.15, -0.1) is 0 Å². The Morgan fingerprint density at radius 2 is 2.21 bits per heavy atom. The minimum Gasteiger partial charge on any atom is -0.481 e. The summed E-state index contributed by atoms with van der Waals surface area (Å²) in [5.41, 5.74) is 1.36. The second kappa shape index (κ2) is 6.72. The molecule has 0 heterocycles. The molecule has 104 valence electrons. The molecule has 2 N–H and O–H groups in total. The van der Waals surface area contributed by atoms with Gasteiger partial charge in [0.15, 0.2) is 0 Å². The number of aliphatic carboxylic acids is 1. The van der Waals surface area contributed by atoms with E-state index in [1.807, 2.05) is 0 Å². The molecule has 6 heteroatoms. The van der Waals surface area contributed by atoms with Crippen LogP contribution in [-0.4, -0.2) is 22.5 Å². The molecule has 1 rings (SSSR count). The molecule has 6 nitrogen and oxygen atoms in total. The second-order valence-corrected chi connectivity index (χ2v) is 4.53. The van der Waals surface area contributed by atoms with Gasteiger partial charge < -0.3 is 10.4 Å². The lowest BCUT2D eigenvalue weighted by molar-refractivity contribution is -0.384. The Balaban J connectivity index is 2.58. The maximum atomic E-state index is 10.9. The van der Waals surface area contributed by atoms with Crippen LogP contribution in [0.3, 0.4) is 0 Å². The monoisotopic (exact) mass is 266 g/mol. The number of carboxylic acids is 1. The highest BCUT2D eigenvalue weighted by molar-refractivity contribution is 5.69. The summed E-state index contributed by atoms with van der Waals surface area (Å²) in [5, 5.41) is 22.7. The van der Waals surface area contributed by atoms with E-state index in [-0.39, 0.29) is 5.69 Å². The summed E-state index contributed by atoms with van der Waals surface area (Å²) < 4.78 is 0. The van der Waals surface area contributed by atoms with Gasteiger partial charge >= 0.3 is 5.97 Å². The Morgan fingerprint density at radius 1 is 1.53 bits per heavy atom. The Morgan fingerprint density at radius 3 is 2.79 bits per heavy atom. The quantitative estimate of drug-likeness (QED) is 0.449. The summed E-state index contributed by atoms with van der Waals surface area (Å²) in [4.78, 5) is 21.1. The molecule has 0 spiro atoms. The first-order valence-electron chi connectivity index (χ1n) is 6.14. The van der Waals surface area contributed by atoms with Gasteiger partial charge in [-0.2, -0.15) is 0 Å². The molecule has 1 aromatic rings. The van der Waals surface area contributed by atoms with E-state index in [0.29, 0.717) is 25.1 Å². The van der Waals surface area contributed by atoms with Crippen LogP contribution in [0.2, 0.25) is 0 Å². The Labute approximate surface area is 111 Å². The van der Waals surface area contributed by atoms with Crippen LogP contribution in [0.4, 0.5) is 11.4 Å². The molecule has 1 atom stereocenters. The fourth-order valence-electron chi connectivity index (χ4n) is 1.78. The predicted octanol–water partition coefficient (Wildman–Crippen LogP) is 2.82. The highest BCUT2D eigenvalue weighted by Crippen LogP contribution is 2.27. The molecule has 1 aromatic carbocycles. The molecule has 1 unspecified atom stereocenters. The predicted molar refractivity (Wildman–Crippen MR) is 72.4 cm³/mol. The first kappa shape index (κ1) is 14.9. The molecular formula is C13H18N2O4. The minimum atomic E-state index is -0.818. The number of carbonyl (C=O) groups is 1. The van der Waals surface area contributed by atoms with Crippen molar-refractivity contribution in [3.05, 3.63) is 33.9 Å². The summed E-state index contributed by atoms with van der Waals surface area (Å²) in [7, 11) is 0. The Bertz CT molecular complexity index is 474. The van der Waals surface area contributed by atoms with Gasteiger partial charge in [-0.1, -0.05) is 19.1 Å². The van der Waals surface area contributed by atoms with Crippen LogP contribution >= 0.6 is 0 Å². The molecular weight excluding hydrogens is 248 g/mol. The molecule has 0 aliphatic rings. The number of benzene rings is 1. The highest BCUT2D eigenvalue weighted by Gasteiger charge is 2.15. The number of nitrogens with one attached hydrogen (secondary N) is 1.